The maximum atomic E-state index is 13.7. The van der Waals surface area contributed by atoms with Crippen molar-refractivity contribution in [1.29, 1.82) is 5.26 Å². The molecule has 0 bridgehead atoms. The van der Waals surface area contributed by atoms with Crippen LogP contribution in [0.15, 0.2) is 85.1 Å². The van der Waals surface area contributed by atoms with Crippen LogP contribution in [0.1, 0.15) is 33.4 Å². The maximum absolute atomic E-state index is 13.7. The first kappa shape index (κ1) is 23.7. The molecule has 0 fully saturated rings. The number of anilines is 1. The summed E-state index contributed by atoms with van der Waals surface area (Å²) >= 11 is 0. The molecule has 0 radical (unpaired) electrons. The summed E-state index contributed by atoms with van der Waals surface area (Å²) in [5.74, 6) is 0.457. The van der Waals surface area contributed by atoms with Gasteiger partial charge in [-0.15, -0.1) is 0 Å². The minimum atomic E-state index is -0.349. The van der Waals surface area contributed by atoms with E-state index in [0.29, 0.717) is 11.4 Å². The zero-order chi connectivity index (χ0) is 25.9. The van der Waals surface area contributed by atoms with E-state index in [2.05, 4.69) is 35.5 Å². The van der Waals surface area contributed by atoms with Crippen molar-refractivity contribution in [1.82, 2.24) is 14.8 Å². The Morgan fingerprint density at radius 1 is 0.946 bits per heavy atom. The molecule has 1 amide bonds. The number of fused-ring (bicyclic) bond motifs is 1. The van der Waals surface area contributed by atoms with Gasteiger partial charge in [0.2, 0.25) is 0 Å². The first-order valence-electron chi connectivity index (χ1n) is 11.9. The monoisotopic (exact) mass is 483 g/mol. The van der Waals surface area contributed by atoms with Crippen molar-refractivity contribution in [2.75, 3.05) is 5.32 Å². The Bertz CT molecular complexity index is 1690. The number of pyridine rings is 1. The van der Waals surface area contributed by atoms with Crippen LogP contribution in [0.3, 0.4) is 0 Å². The highest BCUT2D eigenvalue weighted by molar-refractivity contribution is 6.29. The van der Waals surface area contributed by atoms with E-state index in [1.54, 1.807) is 0 Å². The van der Waals surface area contributed by atoms with E-state index >= 15 is 0 Å². The molecule has 6 heteroatoms. The van der Waals surface area contributed by atoms with Crippen molar-refractivity contribution in [3.8, 4) is 11.9 Å². The molecule has 0 unspecified atom stereocenters. The van der Waals surface area contributed by atoms with Gasteiger partial charge in [0.1, 0.15) is 11.6 Å². The maximum Gasteiger partial charge on any atom is 0.257 e. The van der Waals surface area contributed by atoms with Crippen molar-refractivity contribution < 1.29 is 4.79 Å². The average Bonchev–Trinajstić information content (AvgIpc) is 3.31. The molecule has 2 aromatic heterocycles. The van der Waals surface area contributed by atoms with Crippen LogP contribution in [0.2, 0.25) is 0 Å². The molecule has 3 aromatic carbocycles. The second-order valence-electron chi connectivity index (χ2n) is 8.99. The molecule has 0 aliphatic rings. The molecular weight excluding hydrogens is 458 g/mol. The summed E-state index contributed by atoms with van der Waals surface area (Å²) in [7, 11) is 0. The fourth-order valence-electron chi connectivity index (χ4n) is 4.45. The number of hydrogen-bond acceptors (Lipinski definition) is 4. The molecule has 0 aliphatic carbocycles. The molecule has 0 spiro atoms. The Morgan fingerprint density at radius 3 is 2.35 bits per heavy atom. The molecular formula is C31H25N5O. The van der Waals surface area contributed by atoms with Gasteiger partial charge in [0, 0.05) is 11.0 Å². The summed E-state index contributed by atoms with van der Waals surface area (Å²) in [4.78, 5) is 18.5. The van der Waals surface area contributed by atoms with E-state index in [1.165, 1.54) is 16.4 Å². The Morgan fingerprint density at radius 2 is 1.65 bits per heavy atom. The summed E-state index contributed by atoms with van der Waals surface area (Å²) in [6, 6.07) is 27.4. The molecule has 180 valence electrons. The number of nitriles is 1. The normalized spacial score (nSPS) is 11.4. The van der Waals surface area contributed by atoms with Crippen LogP contribution in [0.25, 0.3) is 28.4 Å². The zero-order valence-electron chi connectivity index (χ0n) is 20.9. The number of carbonyl (C=O) groups is 1. The lowest BCUT2D eigenvalue weighted by Crippen LogP contribution is -2.18. The molecule has 6 nitrogen and oxygen atoms in total. The lowest BCUT2D eigenvalue weighted by atomic mass is 10.0. The number of nitrogens with one attached hydrogen (secondary N) is 1. The topological polar surface area (TPSA) is 83.6 Å². The quantitative estimate of drug-likeness (QED) is 0.232. The molecule has 2 heterocycles. The highest BCUT2D eigenvalue weighted by Crippen LogP contribution is 2.28. The van der Waals surface area contributed by atoms with Gasteiger partial charge in [-0.1, -0.05) is 72.3 Å². The molecule has 0 aliphatic heterocycles. The fourth-order valence-corrected chi connectivity index (χ4v) is 4.45. The van der Waals surface area contributed by atoms with Crippen LogP contribution < -0.4 is 5.32 Å². The molecule has 37 heavy (non-hydrogen) atoms. The van der Waals surface area contributed by atoms with E-state index in [-0.39, 0.29) is 17.3 Å². The van der Waals surface area contributed by atoms with Crippen molar-refractivity contribution in [2.24, 2.45) is 0 Å². The number of carbonyl (C=O) groups excluding carboxylic acids is 1. The van der Waals surface area contributed by atoms with Gasteiger partial charge in [-0.05, 0) is 61.2 Å². The van der Waals surface area contributed by atoms with Crippen LogP contribution in [0.4, 0.5) is 5.82 Å². The van der Waals surface area contributed by atoms with Crippen LogP contribution in [-0.4, -0.2) is 20.7 Å². The summed E-state index contributed by atoms with van der Waals surface area (Å²) < 4.78 is 1.52. The number of aryl methyl sites for hydroxylation is 3. The Balaban J connectivity index is 1.60. The van der Waals surface area contributed by atoms with Gasteiger partial charge in [0.05, 0.1) is 11.7 Å². The van der Waals surface area contributed by atoms with E-state index in [1.807, 2.05) is 86.7 Å². The van der Waals surface area contributed by atoms with Gasteiger partial charge < -0.3 is 5.32 Å². The summed E-state index contributed by atoms with van der Waals surface area (Å²) in [5, 5.41) is 18.2. The van der Waals surface area contributed by atoms with Gasteiger partial charge in [-0.2, -0.15) is 15.0 Å². The van der Waals surface area contributed by atoms with Crippen molar-refractivity contribution in [3.63, 3.8) is 0 Å². The lowest BCUT2D eigenvalue weighted by molar-refractivity contribution is -0.111. The van der Waals surface area contributed by atoms with Crippen molar-refractivity contribution >= 4 is 34.3 Å². The van der Waals surface area contributed by atoms with Crippen molar-refractivity contribution in [3.05, 3.63) is 118 Å². The SMILES string of the molecule is Cc1cc(C)c2nc(-n3ncc(C#N)c3NC(=O)/C(=C\c3ccccc3)c3ccccc3)cc(C)c2c1. The third-order valence-corrected chi connectivity index (χ3v) is 6.22. The van der Waals surface area contributed by atoms with Gasteiger partial charge >= 0.3 is 0 Å². The largest absolute Gasteiger partial charge is 0.305 e. The first-order valence-corrected chi connectivity index (χ1v) is 11.9. The Kier molecular flexibility index (Phi) is 6.36. The van der Waals surface area contributed by atoms with Gasteiger partial charge in [-0.25, -0.2) is 4.98 Å². The predicted octanol–water partition coefficient (Wildman–Crippen LogP) is 6.40. The summed E-state index contributed by atoms with van der Waals surface area (Å²) in [5.41, 5.74) is 6.49. The first-order chi connectivity index (χ1) is 17.9. The second-order valence-corrected chi connectivity index (χ2v) is 8.99. The second kappa shape index (κ2) is 9.92. The minimum absolute atomic E-state index is 0.251. The van der Waals surface area contributed by atoms with Crippen LogP contribution in [0.5, 0.6) is 0 Å². The van der Waals surface area contributed by atoms with E-state index in [9.17, 15) is 10.1 Å². The molecule has 5 rings (SSSR count). The van der Waals surface area contributed by atoms with Gasteiger partial charge in [-0.3, -0.25) is 4.79 Å². The van der Waals surface area contributed by atoms with Crippen LogP contribution >= 0.6 is 0 Å². The number of aromatic nitrogens is 3. The third-order valence-electron chi connectivity index (χ3n) is 6.22. The Hall–Kier alpha value is -5.02. The zero-order valence-corrected chi connectivity index (χ0v) is 20.9. The molecule has 0 atom stereocenters. The third kappa shape index (κ3) is 4.75. The smallest absolute Gasteiger partial charge is 0.257 e. The van der Waals surface area contributed by atoms with Crippen LogP contribution in [-0.2, 0) is 4.79 Å². The summed E-state index contributed by atoms with van der Waals surface area (Å²) in [6.07, 6.45) is 3.28. The number of hydrogen-bond donors (Lipinski definition) is 1. The molecule has 5 aromatic rings. The van der Waals surface area contributed by atoms with E-state index < -0.39 is 0 Å². The van der Waals surface area contributed by atoms with Crippen molar-refractivity contribution in [2.45, 2.75) is 20.8 Å². The summed E-state index contributed by atoms with van der Waals surface area (Å²) in [6.45, 7) is 6.11. The van der Waals surface area contributed by atoms with E-state index in [4.69, 9.17) is 4.98 Å². The number of benzene rings is 3. The standard InChI is InChI=1S/C31H25N5O/c1-20-14-22(3)29-26(15-20)21(2)16-28(34-29)36-30(25(18-32)19-33-36)35-31(37)27(24-12-8-5-9-13-24)17-23-10-6-4-7-11-23/h4-17,19H,1-3H3,(H,35,37)/b27-17-. The minimum Gasteiger partial charge on any atom is -0.305 e. The fraction of sp³-hybridized carbons (Fsp3) is 0.0968. The molecule has 0 saturated heterocycles. The highest BCUT2D eigenvalue weighted by atomic mass is 16.1. The number of nitrogens with zero attached hydrogens (tertiary/aromatic N) is 4. The van der Waals surface area contributed by atoms with Gasteiger partial charge in [0.25, 0.3) is 5.91 Å². The predicted molar refractivity (Wildman–Crippen MR) is 147 cm³/mol. The number of amides is 1. The highest BCUT2D eigenvalue weighted by Gasteiger charge is 2.20. The Labute approximate surface area is 215 Å². The van der Waals surface area contributed by atoms with Crippen LogP contribution in [0, 0.1) is 32.1 Å². The number of rotatable bonds is 5. The van der Waals surface area contributed by atoms with Gasteiger partial charge in [0.15, 0.2) is 11.6 Å². The van der Waals surface area contributed by atoms with E-state index in [0.717, 1.165) is 33.2 Å². The average molecular weight is 484 g/mol. The molecule has 1 N–H and O–H groups in total. The molecule has 0 saturated carbocycles. The lowest BCUT2D eigenvalue weighted by Gasteiger charge is -2.14.